The molecule has 1 amide bonds. The van der Waals surface area contributed by atoms with Crippen LogP contribution in [0.15, 0.2) is 77.1 Å². The molecule has 1 aromatic rings. The minimum atomic E-state index is -0.260. The maximum atomic E-state index is 13.9. The van der Waals surface area contributed by atoms with Crippen molar-refractivity contribution in [3.63, 3.8) is 0 Å². The number of nitrogens with zero attached hydrogens (tertiary/aromatic N) is 1. The van der Waals surface area contributed by atoms with Crippen LogP contribution >= 0.6 is 0 Å². The summed E-state index contributed by atoms with van der Waals surface area (Å²) in [6.07, 6.45) is 18.5. The van der Waals surface area contributed by atoms with E-state index in [9.17, 15) is 9.59 Å². The molecule has 6 aliphatic rings. The molecule has 6 atom stereocenters. The molecule has 4 nitrogen and oxygen atoms in total. The summed E-state index contributed by atoms with van der Waals surface area (Å²) in [7, 11) is 0. The van der Waals surface area contributed by atoms with Gasteiger partial charge in [0, 0.05) is 23.9 Å². The van der Waals surface area contributed by atoms with E-state index in [-0.39, 0.29) is 32.9 Å². The number of ether oxygens (including phenoxy) is 1. The number of likely N-dealkylation sites (tertiary alicyclic amines) is 1. The van der Waals surface area contributed by atoms with Gasteiger partial charge in [0.25, 0.3) is 0 Å². The topological polar surface area (TPSA) is 46.6 Å². The Morgan fingerprint density at radius 1 is 0.884 bits per heavy atom. The molecule has 3 saturated carbocycles. The Kier molecular flexibility index (Phi) is 6.59. The predicted octanol–water partition coefficient (Wildman–Crippen LogP) is 8.50. The molecule has 0 bridgehead atoms. The molecule has 4 fully saturated rings. The summed E-state index contributed by atoms with van der Waals surface area (Å²) in [6, 6.07) is 10.0. The van der Waals surface area contributed by atoms with Crippen LogP contribution in [-0.4, -0.2) is 29.7 Å². The summed E-state index contributed by atoms with van der Waals surface area (Å²) >= 11 is 0. The van der Waals surface area contributed by atoms with Gasteiger partial charge in [0.2, 0.25) is 11.7 Å². The van der Waals surface area contributed by atoms with Crippen LogP contribution in [0.3, 0.4) is 0 Å². The lowest BCUT2D eigenvalue weighted by molar-refractivity contribution is -0.174. The van der Waals surface area contributed by atoms with E-state index in [0.717, 1.165) is 74.7 Å². The van der Waals surface area contributed by atoms with Crippen molar-refractivity contribution in [1.82, 2.24) is 4.90 Å². The monoisotopic (exact) mass is 579 g/mol. The minimum absolute atomic E-state index is 0.0127. The van der Waals surface area contributed by atoms with Crippen LogP contribution < -0.4 is 0 Å². The van der Waals surface area contributed by atoms with Gasteiger partial charge in [-0.25, -0.2) is 0 Å². The van der Waals surface area contributed by atoms with Crippen LogP contribution in [0.2, 0.25) is 0 Å². The van der Waals surface area contributed by atoms with Gasteiger partial charge in [-0.2, -0.15) is 0 Å². The van der Waals surface area contributed by atoms with E-state index in [1.165, 1.54) is 18.4 Å². The number of allylic oxidation sites excluding steroid dienone is 7. The molecule has 1 saturated heterocycles. The van der Waals surface area contributed by atoms with E-state index < -0.39 is 0 Å². The summed E-state index contributed by atoms with van der Waals surface area (Å²) in [5, 5.41) is 0. The predicted molar refractivity (Wildman–Crippen MR) is 171 cm³/mol. The Labute approximate surface area is 258 Å². The van der Waals surface area contributed by atoms with E-state index in [0.29, 0.717) is 24.2 Å². The fourth-order valence-corrected chi connectivity index (χ4v) is 10.5. The first-order chi connectivity index (χ1) is 20.4. The van der Waals surface area contributed by atoms with Crippen molar-refractivity contribution < 1.29 is 14.3 Å². The molecule has 0 radical (unpaired) electrons. The van der Waals surface area contributed by atoms with Crippen LogP contribution in [0.1, 0.15) is 98.0 Å². The van der Waals surface area contributed by atoms with Crippen molar-refractivity contribution >= 4 is 11.7 Å². The summed E-state index contributed by atoms with van der Waals surface area (Å²) in [5.74, 6) is 1.32. The zero-order valence-corrected chi connectivity index (χ0v) is 26.9. The summed E-state index contributed by atoms with van der Waals surface area (Å²) < 4.78 is 6.04. The Balaban J connectivity index is 1.21. The third-order valence-corrected chi connectivity index (χ3v) is 13.6. The van der Waals surface area contributed by atoms with Gasteiger partial charge in [-0.15, -0.1) is 0 Å². The van der Waals surface area contributed by atoms with Crippen molar-refractivity contribution in [2.24, 2.45) is 33.0 Å². The fourth-order valence-electron chi connectivity index (χ4n) is 10.5. The van der Waals surface area contributed by atoms with E-state index in [4.69, 9.17) is 4.74 Å². The quantitative estimate of drug-likeness (QED) is 0.359. The van der Waals surface area contributed by atoms with Gasteiger partial charge in [0.15, 0.2) is 5.76 Å². The number of ketones is 1. The van der Waals surface area contributed by atoms with Crippen molar-refractivity contribution in [3.05, 3.63) is 82.7 Å². The van der Waals surface area contributed by atoms with Gasteiger partial charge in [0.05, 0.1) is 0 Å². The maximum absolute atomic E-state index is 13.9. The van der Waals surface area contributed by atoms with Gasteiger partial charge in [-0.3, -0.25) is 9.59 Å². The number of benzene rings is 1. The second-order valence-electron chi connectivity index (χ2n) is 16.0. The van der Waals surface area contributed by atoms with Crippen LogP contribution in [0, 0.1) is 33.0 Å². The van der Waals surface area contributed by atoms with Gasteiger partial charge in [-0.1, -0.05) is 82.7 Å². The van der Waals surface area contributed by atoms with Gasteiger partial charge in [-0.05, 0) is 109 Å². The SMILES string of the molecule is C[C@@]1(C(=O)N2CCCC2)CC[C@]2(C)CC[C@]3(C)C4=CC=C5C=C(OCc6ccccc6)C(=O)C=C5[C@]4(C)CC[C@@]3(C)[C@@H]2C1. The second-order valence-corrected chi connectivity index (χ2v) is 16.0. The number of carbonyl (C=O) groups excluding carboxylic acids is 2. The van der Waals surface area contributed by atoms with Crippen molar-refractivity contribution in [2.45, 2.75) is 99.0 Å². The number of rotatable bonds is 4. The number of carbonyl (C=O) groups is 2. The number of hydrogen-bond donors (Lipinski definition) is 0. The first-order valence-corrected chi connectivity index (χ1v) is 16.8. The van der Waals surface area contributed by atoms with E-state index in [2.05, 4.69) is 51.7 Å². The third-order valence-electron chi connectivity index (χ3n) is 13.6. The lowest BCUT2D eigenvalue weighted by atomic mass is 9.34. The molecule has 1 heterocycles. The highest BCUT2D eigenvalue weighted by molar-refractivity contribution is 6.06. The molecule has 43 heavy (non-hydrogen) atoms. The molecule has 1 aliphatic heterocycles. The van der Waals surface area contributed by atoms with Crippen LogP contribution in [0.4, 0.5) is 0 Å². The Bertz CT molecular complexity index is 1480. The van der Waals surface area contributed by atoms with E-state index in [1.54, 1.807) is 0 Å². The molecule has 0 aromatic heterocycles. The highest BCUT2D eigenvalue weighted by Crippen LogP contribution is 2.75. The average molecular weight is 580 g/mol. The van der Waals surface area contributed by atoms with Crippen molar-refractivity contribution in [1.29, 1.82) is 0 Å². The molecule has 7 rings (SSSR count). The van der Waals surface area contributed by atoms with Crippen LogP contribution in [0.5, 0.6) is 0 Å². The van der Waals surface area contributed by atoms with E-state index >= 15 is 0 Å². The summed E-state index contributed by atoms with van der Waals surface area (Å²) in [5.41, 5.74) is 4.79. The second kappa shape index (κ2) is 9.81. The normalized spacial score (nSPS) is 40.2. The molecule has 0 N–H and O–H groups in total. The summed E-state index contributed by atoms with van der Waals surface area (Å²) in [6.45, 7) is 14.6. The average Bonchev–Trinajstić information content (AvgIpc) is 3.54. The smallest absolute Gasteiger partial charge is 0.228 e. The van der Waals surface area contributed by atoms with Crippen LogP contribution in [-0.2, 0) is 20.9 Å². The van der Waals surface area contributed by atoms with Gasteiger partial charge in [0.1, 0.15) is 6.61 Å². The highest BCUT2D eigenvalue weighted by Gasteiger charge is 2.67. The van der Waals surface area contributed by atoms with Crippen molar-refractivity contribution in [3.8, 4) is 0 Å². The third kappa shape index (κ3) is 4.21. The molecule has 0 spiro atoms. The van der Waals surface area contributed by atoms with Gasteiger partial charge < -0.3 is 9.64 Å². The first-order valence-electron chi connectivity index (χ1n) is 16.8. The number of amides is 1. The standard InChI is InChI=1S/C39H49NO3/c1-35-15-16-36(2,34(42)40-21-9-10-22-40)25-33(35)39(5)20-18-37(3)29-24-30(41)31(43-26-27-11-7-6-8-12-27)23-28(29)13-14-32(37)38(39,4)19-17-35/h6-8,11-14,23-24,33H,9-10,15-22,25-26H2,1-5H3/t33-,35-,36-,37+,38-,39+/m1/s1. The Morgan fingerprint density at radius 2 is 1.60 bits per heavy atom. The molecule has 1 aromatic carbocycles. The molecule has 5 aliphatic carbocycles. The molecular weight excluding hydrogens is 530 g/mol. The summed E-state index contributed by atoms with van der Waals surface area (Å²) in [4.78, 5) is 29.5. The first kappa shape index (κ1) is 28.9. The minimum Gasteiger partial charge on any atom is -0.485 e. The maximum Gasteiger partial charge on any atom is 0.228 e. The molecular formula is C39H49NO3. The highest BCUT2D eigenvalue weighted by atomic mass is 16.5. The Hall–Kier alpha value is -2.88. The van der Waals surface area contributed by atoms with E-state index in [1.807, 2.05) is 42.5 Å². The molecule has 4 heteroatoms. The zero-order chi connectivity index (χ0) is 30.3. The molecule has 0 unspecified atom stereocenters. The lowest BCUT2D eigenvalue weighted by Gasteiger charge is -2.70. The van der Waals surface area contributed by atoms with Crippen LogP contribution in [0.25, 0.3) is 0 Å². The fraction of sp³-hybridized carbons (Fsp3) is 0.590. The number of hydrogen-bond acceptors (Lipinski definition) is 3. The Morgan fingerprint density at radius 3 is 2.35 bits per heavy atom. The molecule has 228 valence electrons. The number of fused-ring (bicyclic) bond motifs is 7. The lowest BCUT2D eigenvalue weighted by Crippen LogP contribution is -2.62. The largest absolute Gasteiger partial charge is 0.485 e. The van der Waals surface area contributed by atoms with Crippen molar-refractivity contribution in [2.75, 3.05) is 13.1 Å². The van der Waals surface area contributed by atoms with Gasteiger partial charge >= 0.3 is 0 Å². The zero-order valence-electron chi connectivity index (χ0n) is 26.9.